The lowest BCUT2D eigenvalue weighted by molar-refractivity contribution is 0.685. The Kier molecular flexibility index (Phi) is 5.03. The number of anilines is 1. The summed E-state index contributed by atoms with van der Waals surface area (Å²) in [4.78, 5) is 0. The molecule has 0 unspecified atom stereocenters. The lowest BCUT2D eigenvalue weighted by atomic mass is 10.2. The maximum Gasteiger partial charge on any atom is 0.130 e. The van der Waals surface area contributed by atoms with Gasteiger partial charge in [-0.25, -0.2) is 0 Å². The molecule has 0 saturated heterocycles. The fraction of sp³-hybridized carbons (Fsp3) is 0.500. The van der Waals surface area contributed by atoms with Crippen LogP contribution in [0.5, 0.6) is 0 Å². The van der Waals surface area contributed by atoms with Crippen LogP contribution in [-0.2, 0) is 0 Å². The Morgan fingerprint density at radius 1 is 1.11 bits per heavy atom. The highest BCUT2D eigenvalue weighted by Gasteiger charge is 2.13. The van der Waals surface area contributed by atoms with Crippen LogP contribution in [0.15, 0.2) is 6.07 Å². The van der Waals surface area contributed by atoms with Crippen LogP contribution in [0.4, 0.5) is 5.69 Å². The SMILES string of the molecule is CCCCCCNc1c(Cl)cc(Cl)c2nsnc12. The van der Waals surface area contributed by atoms with Gasteiger partial charge in [0.05, 0.1) is 27.5 Å². The van der Waals surface area contributed by atoms with Crippen molar-refractivity contribution in [3.8, 4) is 0 Å². The molecular formula is C12H15Cl2N3S. The molecular weight excluding hydrogens is 289 g/mol. The number of fused-ring (bicyclic) bond motifs is 1. The van der Waals surface area contributed by atoms with Crippen LogP contribution in [0.25, 0.3) is 11.0 Å². The molecule has 0 radical (unpaired) electrons. The Morgan fingerprint density at radius 3 is 2.67 bits per heavy atom. The van der Waals surface area contributed by atoms with Gasteiger partial charge in [-0.15, -0.1) is 0 Å². The van der Waals surface area contributed by atoms with E-state index in [9.17, 15) is 0 Å². The monoisotopic (exact) mass is 303 g/mol. The van der Waals surface area contributed by atoms with E-state index in [1.54, 1.807) is 6.07 Å². The average molecular weight is 304 g/mol. The van der Waals surface area contributed by atoms with Gasteiger partial charge in [-0.1, -0.05) is 49.4 Å². The third kappa shape index (κ3) is 3.05. The Balaban J connectivity index is 2.10. The van der Waals surface area contributed by atoms with Gasteiger partial charge in [-0.05, 0) is 12.5 Å². The van der Waals surface area contributed by atoms with Gasteiger partial charge in [0.2, 0.25) is 0 Å². The Morgan fingerprint density at radius 2 is 1.89 bits per heavy atom. The Hall–Kier alpha value is -0.580. The lowest BCUT2D eigenvalue weighted by Crippen LogP contribution is -2.02. The molecule has 1 aromatic heterocycles. The predicted molar refractivity (Wildman–Crippen MR) is 80.1 cm³/mol. The first-order valence-electron chi connectivity index (χ1n) is 6.08. The predicted octanol–water partition coefficient (Wildman–Crippen LogP) is 4.99. The fourth-order valence-corrected chi connectivity index (χ4v) is 2.99. The molecule has 3 nitrogen and oxygen atoms in total. The van der Waals surface area contributed by atoms with E-state index in [4.69, 9.17) is 23.2 Å². The van der Waals surface area contributed by atoms with Crippen molar-refractivity contribution in [1.29, 1.82) is 0 Å². The number of nitrogens with zero attached hydrogens (tertiary/aromatic N) is 2. The van der Waals surface area contributed by atoms with Gasteiger partial charge in [0, 0.05) is 6.54 Å². The highest BCUT2D eigenvalue weighted by atomic mass is 35.5. The minimum Gasteiger partial charge on any atom is -0.382 e. The maximum absolute atomic E-state index is 6.20. The zero-order chi connectivity index (χ0) is 13.0. The minimum absolute atomic E-state index is 0.556. The number of hydrogen-bond donors (Lipinski definition) is 1. The second-order valence-electron chi connectivity index (χ2n) is 4.16. The lowest BCUT2D eigenvalue weighted by Gasteiger charge is -2.09. The quantitative estimate of drug-likeness (QED) is 0.764. The van der Waals surface area contributed by atoms with E-state index in [0.717, 1.165) is 41.4 Å². The van der Waals surface area contributed by atoms with Gasteiger partial charge in [0.15, 0.2) is 0 Å². The molecule has 1 N–H and O–H groups in total. The Labute approximate surface area is 121 Å². The van der Waals surface area contributed by atoms with Crippen molar-refractivity contribution in [3.63, 3.8) is 0 Å². The van der Waals surface area contributed by atoms with Crippen molar-refractivity contribution in [3.05, 3.63) is 16.1 Å². The second-order valence-corrected chi connectivity index (χ2v) is 5.51. The van der Waals surface area contributed by atoms with Gasteiger partial charge in [-0.2, -0.15) is 8.75 Å². The zero-order valence-corrected chi connectivity index (χ0v) is 12.5. The first-order valence-corrected chi connectivity index (χ1v) is 7.56. The number of rotatable bonds is 6. The summed E-state index contributed by atoms with van der Waals surface area (Å²) in [5.41, 5.74) is 2.34. The largest absolute Gasteiger partial charge is 0.382 e. The van der Waals surface area contributed by atoms with Gasteiger partial charge >= 0.3 is 0 Å². The van der Waals surface area contributed by atoms with Crippen LogP contribution < -0.4 is 5.32 Å². The normalized spacial score (nSPS) is 11.1. The summed E-state index contributed by atoms with van der Waals surface area (Å²) in [6, 6.07) is 1.72. The number of benzene rings is 1. The number of unbranched alkanes of at least 4 members (excludes halogenated alkanes) is 3. The van der Waals surface area contributed by atoms with E-state index in [-0.39, 0.29) is 0 Å². The van der Waals surface area contributed by atoms with E-state index in [1.165, 1.54) is 19.3 Å². The van der Waals surface area contributed by atoms with E-state index < -0.39 is 0 Å². The minimum atomic E-state index is 0.556. The summed E-state index contributed by atoms with van der Waals surface area (Å²) in [6.45, 7) is 3.10. The molecule has 1 aromatic carbocycles. The molecule has 0 aliphatic rings. The summed E-state index contributed by atoms with van der Waals surface area (Å²) in [7, 11) is 0. The molecule has 1 heterocycles. The van der Waals surface area contributed by atoms with Gasteiger partial charge < -0.3 is 5.32 Å². The van der Waals surface area contributed by atoms with Crippen LogP contribution in [0.3, 0.4) is 0 Å². The van der Waals surface area contributed by atoms with Gasteiger partial charge in [-0.3, -0.25) is 0 Å². The van der Waals surface area contributed by atoms with Crippen molar-refractivity contribution in [2.45, 2.75) is 32.6 Å². The van der Waals surface area contributed by atoms with Crippen molar-refractivity contribution >= 4 is 51.7 Å². The number of aromatic nitrogens is 2. The molecule has 2 aromatic rings. The molecule has 0 fully saturated rings. The highest BCUT2D eigenvalue weighted by Crippen LogP contribution is 2.35. The number of hydrogen-bond acceptors (Lipinski definition) is 4. The number of nitrogens with one attached hydrogen (secondary N) is 1. The molecule has 18 heavy (non-hydrogen) atoms. The van der Waals surface area contributed by atoms with Crippen LogP contribution in [0.2, 0.25) is 10.0 Å². The molecule has 0 aliphatic heterocycles. The Bertz CT molecular complexity index is 527. The van der Waals surface area contributed by atoms with E-state index in [1.807, 2.05) is 0 Å². The maximum atomic E-state index is 6.20. The van der Waals surface area contributed by atoms with Crippen molar-refractivity contribution in [2.24, 2.45) is 0 Å². The summed E-state index contributed by atoms with van der Waals surface area (Å²) >= 11 is 13.4. The molecule has 2 rings (SSSR count). The second kappa shape index (κ2) is 6.55. The molecule has 0 saturated carbocycles. The first kappa shape index (κ1) is 13.8. The van der Waals surface area contributed by atoms with Crippen molar-refractivity contribution in [2.75, 3.05) is 11.9 Å². The molecule has 0 bridgehead atoms. The van der Waals surface area contributed by atoms with Crippen LogP contribution in [0, 0.1) is 0 Å². The molecule has 0 amide bonds. The average Bonchev–Trinajstić information content (AvgIpc) is 2.82. The molecule has 98 valence electrons. The van der Waals surface area contributed by atoms with Crippen molar-refractivity contribution in [1.82, 2.24) is 8.75 Å². The number of halogens is 2. The van der Waals surface area contributed by atoms with E-state index in [2.05, 4.69) is 21.0 Å². The fourth-order valence-electron chi connectivity index (χ4n) is 1.81. The van der Waals surface area contributed by atoms with Crippen LogP contribution in [0.1, 0.15) is 32.6 Å². The van der Waals surface area contributed by atoms with Gasteiger partial charge in [0.25, 0.3) is 0 Å². The summed E-state index contributed by atoms with van der Waals surface area (Å²) in [5, 5.41) is 4.50. The van der Waals surface area contributed by atoms with E-state index >= 15 is 0 Å². The van der Waals surface area contributed by atoms with E-state index in [0.29, 0.717) is 10.0 Å². The molecule has 6 heteroatoms. The molecule has 0 spiro atoms. The highest BCUT2D eigenvalue weighted by molar-refractivity contribution is 7.00. The zero-order valence-electron chi connectivity index (χ0n) is 10.2. The molecule has 0 atom stereocenters. The standard InChI is InChI=1S/C12H15Cl2N3S/c1-2-3-4-5-6-15-10-8(13)7-9(14)11-12(10)17-18-16-11/h7,15H,2-6H2,1H3. The third-order valence-corrected chi connectivity index (χ3v) is 3.89. The first-order chi connectivity index (χ1) is 8.74. The summed E-state index contributed by atoms with van der Waals surface area (Å²) < 4.78 is 8.43. The van der Waals surface area contributed by atoms with Gasteiger partial charge in [0.1, 0.15) is 11.0 Å². The smallest absolute Gasteiger partial charge is 0.130 e. The third-order valence-electron chi connectivity index (χ3n) is 2.78. The van der Waals surface area contributed by atoms with Crippen LogP contribution in [-0.4, -0.2) is 15.3 Å². The molecule has 0 aliphatic carbocycles. The van der Waals surface area contributed by atoms with Crippen LogP contribution >= 0.6 is 34.9 Å². The van der Waals surface area contributed by atoms with Crippen molar-refractivity contribution < 1.29 is 0 Å². The summed E-state index contributed by atoms with van der Waals surface area (Å²) in [5.74, 6) is 0. The topological polar surface area (TPSA) is 37.8 Å². The summed E-state index contributed by atoms with van der Waals surface area (Å²) in [6.07, 6.45) is 4.87.